The normalized spacial score (nSPS) is 20.8. The third-order valence-corrected chi connectivity index (χ3v) is 4.39. The van der Waals surface area contributed by atoms with Gasteiger partial charge in [0.15, 0.2) is 0 Å². The molecule has 120 valence electrons. The number of hydrogen-bond acceptors (Lipinski definition) is 3. The van der Waals surface area contributed by atoms with Gasteiger partial charge in [-0.25, -0.2) is 0 Å². The molecule has 5 nitrogen and oxygen atoms in total. The lowest BCUT2D eigenvalue weighted by atomic mass is 10.00. The summed E-state index contributed by atoms with van der Waals surface area (Å²) in [5, 5.41) is 8.39. The molecular weight excluding hydrogens is 300 g/mol. The number of nitrogens with one attached hydrogen (secondary N) is 1. The second kappa shape index (κ2) is 7.11. The van der Waals surface area contributed by atoms with Crippen LogP contribution in [0.4, 0.5) is 5.69 Å². The van der Waals surface area contributed by atoms with Crippen molar-refractivity contribution in [3.63, 3.8) is 0 Å². The van der Waals surface area contributed by atoms with E-state index in [4.69, 9.17) is 5.73 Å². The Kier molecular flexibility index (Phi) is 5.42. The minimum Gasteiger partial charge on any atom is -0.327 e. The smallest absolute Gasteiger partial charge is 0.224 e. The number of amides is 1. The molecule has 1 aromatic heterocycles. The fourth-order valence-electron chi connectivity index (χ4n) is 3.17. The quantitative estimate of drug-likeness (QED) is 0.909. The van der Waals surface area contributed by atoms with E-state index in [0.717, 1.165) is 42.4 Å². The van der Waals surface area contributed by atoms with Gasteiger partial charge in [-0.3, -0.25) is 9.48 Å². The van der Waals surface area contributed by atoms with Gasteiger partial charge < -0.3 is 11.1 Å². The molecule has 0 unspecified atom stereocenters. The molecule has 3 N–H and O–H groups in total. The maximum absolute atomic E-state index is 12.2. The Balaban J connectivity index is 0.00000176. The topological polar surface area (TPSA) is 72.9 Å². The Morgan fingerprint density at radius 1 is 1.45 bits per heavy atom. The molecule has 2 atom stereocenters. The van der Waals surface area contributed by atoms with Crippen molar-refractivity contribution in [1.29, 1.82) is 0 Å². The van der Waals surface area contributed by atoms with Crippen molar-refractivity contribution >= 4 is 34.9 Å². The molecule has 3 rings (SSSR count). The summed E-state index contributed by atoms with van der Waals surface area (Å²) in [5.74, 6) is 0.383. The Labute approximate surface area is 136 Å². The van der Waals surface area contributed by atoms with Crippen LogP contribution in [0, 0.1) is 5.92 Å². The van der Waals surface area contributed by atoms with Crippen LogP contribution in [-0.4, -0.2) is 21.7 Å². The first-order valence-electron chi connectivity index (χ1n) is 7.68. The van der Waals surface area contributed by atoms with E-state index in [1.165, 1.54) is 0 Å². The molecule has 0 saturated heterocycles. The van der Waals surface area contributed by atoms with Crippen LogP contribution in [0.25, 0.3) is 10.9 Å². The van der Waals surface area contributed by atoms with E-state index in [0.29, 0.717) is 12.3 Å². The van der Waals surface area contributed by atoms with Crippen LogP contribution < -0.4 is 11.1 Å². The maximum Gasteiger partial charge on any atom is 0.224 e. The number of carbonyl (C=O) groups is 1. The number of rotatable bonds is 4. The third kappa shape index (κ3) is 3.42. The molecule has 6 heteroatoms. The van der Waals surface area contributed by atoms with E-state index >= 15 is 0 Å². The highest BCUT2D eigenvalue weighted by atomic mass is 35.5. The number of hydrogen-bond donors (Lipinski definition) is 2. The van der Waals surface area contributed by atoms with Crippen molar-refractivity contribution < 1.29 is 4.79 Å². The van der Waals surface area contributed by atoms with Gasteiger partial charge in [-0.05, 0) is 43.9 Å². The molecule has 1 aliphatic rings. The first kappa shape index (κ1) is 16.8. The summed E-state index contributed by atoms with van der Waals surface area (Å²) in [6.07, 6.45) is 5.62. The standard InChI is InChI=1S/C16H22N4O.ClH/c1-2-20-15-9-13(7-6-12(15)10-18-20)19-16(21)8-11-4-3-5-14(11)17;/h6-7,9-11,14H,2-5,8,17H2,1H3,(H,19,21);1H/t11-,14+;/m0./s1. The first-order valence-corrected chi connectivity index (χ1v) is 7.68. The molecule has 1 aliphatic carbocycles. The number of benzene rings is 1. The molecule has 2 aromatic rings. The molecule has 1 amide bonds. The van der Waals surface area contributed by atoms with E-state index in [1.54, 1.807) is 0 Å². The molecule has 22 heavy (non-hydrogen) atoms. The number of anilines is 1. The average Bonchev–Trinajstić information content (AvgIpc) is 3.05. The van der Waals surface area contributed by atoms with E-state index in [1.807, 2.05) is 29.1 Å². The second-order valence-corrected chi connectivity index (χ2v) is 5.84. The highest BCUT2D eigenvalue weighted by Gasteiger charge is 2.26. The van der Waals surface area contributed by atoms with Gasteiger partial charge in [0.1, 0.15) is 0 Å². The molecule has 0 spiro atoms. The monoisotopic (exact) mass is 322 g/mol. The number of nitrogens with zero attached hydrogens (tertiary/aromatic N) is 2. The van der Waals surface area contributed by atoms with Gasteiger partial charge in [-0.1, -0.05) is 6.42 Å². The van der Waals surface area contributed by atoms with E-state index in [-0.39, 0.29) is 24.4 Å². The lowest BCUT2D eigenvalue weighted by molar-refractivity contribution is -0.117. The molecule has 0 aliphatic heterocycles. The van der Waals surface area contributed by atoms with Crippen LogP contribution in [-0.2, 0) is 11.3 Å². The average molecular weight is 323 g/mol. The molecule has 0 bridgehead atoms. The maximum atomic E-state index is 12.2. The zero-order valence-corrected chi connectivity index (χ0v) is 13.6. The number of aromatic nitrogens is 2. The summed E-state index contributed by atoms with van der Waals surface area (Å²) >= 11 is 0. The largest absolute Gasteiger partial charge is 0.327 e. The van der Waals surface area contributed by atoms with Crippen molar-refractivity contribution in [1.82, 2.24) is 9.78 Å². The zero-order valence-electron chi connectivity index (χ0n) is 12.8. The van der Waals surface area contributed by atoms with Gasteiger partial charge >= 0.3 is 0 Å². The lowest BCUT2D eigenvalue weighted by Crippen LogP contribution is -2.28. The fourth-order valence-corrected chi connectivity index (χ4v) is 3.17. The van der Waals surface area contributed by atoms with Crippen molar-refractivity contribution in [2.45, 2.75) is 45.2 Å². The van der Waals surface area contributed by atoms with Crippen LogP contribution >= 0.6 is 12.4 Å². The van der Waals surface area contributed by atoms with E-state index < -0.39 is 0 Å². The molecule has 1 aromatic carbocycles. The van der Waals surface area contributed by atoms with E-state index in [9.17, 15) is 4.79 Å². The van der Waals surface area contributed by atoms with Crippen molar-refractivity contribution in [3.8, 4) is 0 Å². The van der Waals surface area contributed by atoms with Gasteiger partial charge in [-0.15, -0.1) is 12.4 Å². The highest BCUT2D eigenvalue weighted by molar-refractivity contribution is 5.93. The van der Waals surface area contributed by atoms with Crippen LogP contribution in [0.15, 0.2) is 24.4 Å². The summed E-state index contributed by atoms with van der Waals surface area (Å²) < 4.78 is 1.93. The second-order valence-electron chi connectivity index (χ2n) is 5.84. The van der Waals surface area contributed by atoms with Crippen molar-refractivity contribution in [3.05, 3.63) is 24.4 Å². The van der Waals surface area contributed by atoms with Crippen LogP contribution in [0.3, 0.4) is 0 Å². The number of aryl methyl sites for hydroxylation is 1. The Hall–Kier alpha value is -1.59. The lowest BCUT2D eigenvalue weighted by Gasteiger charge is -2.14. The number of halogens is 1. The highest BCUT2D eigenvalue weighted by Crippen LogP contribution is 2.27. The Bertz CT molecular complexity index is 655. The van der Waals surface area contributed by atoms with Crippen molar-refractivity contribution in [2.24, 2.45) is 11.7 Å². The predicted octanol–water partition coefficient (Wildman–Crippen LogP) is 2.93. The van der Waals surface area contributed by atoms with E-state index in [2.05, 4.69) is 17.3 Å². The van der Waals surface area contributed by atoms with Gasteiger partial charge in [0.05, 0.1) is 11.7 Å². The van der Waals surface area contributed by atoms with Crippen LogP contribution in [0.1, 0.15) is 32.6 Å². The molecule has 1 fully saturated rings. The minimum absolute atomic E-state index is 0. The van der Waals surface area contributed by atoms with Gasteiger partial charge in [0.2, 0.25) is 5.91 Å². The third-order valence-electron chi connectivity index (χ3n) is 4.39. The predicted molar refractivity (Wildman–Crippen MR) is 91.2 cm³/mol. The van der Waals surface area contributed by atoms with Gasteiger partial charge in [0.25, 0.3) is 0 Å². The molecule has 0 radical (unpaired) electrons. The Morgan fingerprint density at radius 3 is 2.95 bits per heavy atom. The first-order chi connectivity index (χ1) is 10.2. The Morgan fingerprint density at radius 2 is 2.27 bits per heavy atom. The summed E-state index contributed by atoms with van der Waals surface area (Å²) in [4.78, 5) is 12.2. The summed E-state index contributed by atoms with van der Waals surface area (Å²) in [7, 11) is 0. The number of carbonyl (C=O) groups excluding carboxylic acids is 1. The fraction of sp³-hybridized carbons (Fsp3) is 0.500. The van der Waals surface area contributed by atoms with Gasteiger partial charge in [-0.2, -0.15) is 5.10 Å². The number of nitrogens with two attached hydrogens (primary N) is 1. The molecule has 1 saturated carbocycles. The molecule has 1 heterocycles. The van der Waals surface area contributed by atoms with Crippen LogP contribution in [0.2, 0.25) is 0 Å². The number of fused-ring (bicyclic) bond motifs is 1. The summed E-state index contributed by atoms with van der Waals surface area (Å²) in [6, 6.07) is 6.08. The van der Waals surface area contributed by atoms with Crippen molar-refractivity contribution in [2.75, 3.05) is 5.32 Å². The van der Waals surface area contributed by atoms with Gasteiger partial charge in [0, 0.05) is 30.1 Å². The summed E-state index contributed by atoms with van der Waals surface area (Å²) in [6.45, 7) is 2.87. The zero-order chi connectivity index (χ0) is 14.8. The SMILES string of the molecule is CCn1ncc2ccc(NC(=O)C[C@@H]3CCC[C@H]3N)cc21.Cl. The van der Waals surface area contributed by atoms with Crippen LogP contribution in [0.5, 0.6) is 0 Å². The molecular formula is C16H23ClN4O. The summed E-state index contributed by atoms with van der Waals surface area (Å²) in [5.41, 5.74) is 7.90. The minimum atomic E-state index is 0.